The molecule has 90 valence electrons. The number of aromatic nitrogens is 2. The van der Waals surface area contributed by atoms with Crippen molar-refractivity contribution in [2.45, 2.75) is 25.8 Å². The van der Waals surface area contributed by atoms with E-state index in [0.717, 1.165) is 32.5 Å². The molecule has 4 nitrogen and oxygen atoms in total. The van der Waals surface area contributed by atoms with Gasteiger partial charge in [0, 0.05) is 32.4 Å². The summed E-state index contributed by atoms with van der Waals surface area (Å²) in [5.41, 5.74) is 7.34. The van der Waals surface area contributed by atoms with Gasteiger partial charge in [0.25, 0.3) is 0 Å². The average molecular weight is 222 g/mol. The fraction of sp³-hybridized carbons (Fsp3) is 0.750. The number of hydrogen-bond acceptors (Lipinski definition) is 3. The third kappa shape index (κ3) is 2.83. The van der Waals surface area contributed by atoms with Crippen LogP contribution in [0.25, 0.3) is 0 Å². The summed E-state index contributed by atoms with van der Waals surface area (Å²) >= 11 is 0. The first-order valence-corrected chi connectivity index (χ1v) is 6.10. The van der Waals surface area contributed by atoms with Gasteiger partial charge >= 0.3 is 0 Å². The number of nitrogens with zero attached hydrogens (tertiary/aromatic N) is 3. The first-order chi connectivity index (χ1) is 7.65. The molecule has 0 saturated carbocycles. The lowest BCUT2D eigenvalue weighted by Crippen LogP contribution is -2.46. The molecule has 1 aliphatic rings. The second kappa shape index (κ2) is 4.97. The molecule has 2 atom stereocenters. The third-order valence-corrected chi connectivity index (χ3v) is 3.53. The summed E-state index contributed by atoms with van der Waals surface area (Å²) in [5.74, 6) is 0.627. The van der Waals surface area contributed by atoms with E-state index >= 15 is 0 Å². The van der Waals surface area contributed by atoms with Crippen molar-refractivity contribution < 1.29 is 0 Å². The minimum absolute atomic E-state index is 0.398. The van der Waals surface area contributed by atoms with Gasteiger partial charge in [-0.3, -0.25) is 4.68 Å². The van der Waals surface area contributed by atoms with Gasteiger partial charge in [0.2, 0.25) is 0 Å². The van der Waals surface area contributed by atoms with E-state index in [1.54, 1.807) is 0 Å². The quantitative estimate of drug-likeness (QED) is 0.816. The first-order valence-electron chi connectivity index (χ1n) is 6.10. The summed E-state index contributed by atoms with van der Waals surface area (Å²) < 4.78 is 1.87. The molecule has 2 N–H and O–H groups in total. The van der Waals surface area contributed by atoms with E-state index < -0.39 is 0 Å². The van der Waals surface area contributed by atoms with E-state index in [9.17, 15) is 0 Å². The zero-order valence-electron chi connectivity index (χ0n) is 10.3. The van der Waals surface area contributed by atoms with E-state index in [4.69, 9.17) is 5.73 Å². The molecule has 0 amide bonds. The van der Waals surface area contributed by atoms with Gasteiger partial charge < -0.3 is 10.6 Å². The molecule has 0 aromatic carbocycles. The minimum atomic E-state index is 0.398. The maximum Gasteiger partial charge on any atom is 0.0522 e. The molecule has 2 unspecified atom stereocenters. The van der Waals surface area contributed by atoms with Crippen LogP contribution in [0.5, 0.6) is 0 Å². The highest BCUT2D eigenvalue weighted by molar-refractivity contribution is 5.04. The van der Waals surface area contributed by atoms with Crippen molar-refractivity contribution in [1.29, 1.82) is 0 Å². The van der Waals surface area contributed by atoms with Crippen molar-refractivity contribution in [2.24, 2.45) is 18.7 Å². The second-order valence-electron chi connectivity index (χ2n) is 5.00. The Morgan fingerprint density at radius 1 is 1.56 bits per heavy atom. The number of hydrogen-bond donors (Lipinski definition) is 1. The molecule has 1 aromatic rings. The van der Waals surface area contributed by atoms with Crippen molar-refractivity contribution in [3.05, 3.63) is 18.0 Å². The van der Waals surface area contributed by atoms with Crippen LogP contribution in [0.15, 0.2) is 12.4 Å². The lowest BCUT2D eigenvalue weighted by Gasteiger charge is -2.34. The summed E-state index contributed by atoms with van der Waals surface area (Å²) in [6, 6.07) is 0.398. The largest absolute Gasteiger partial charge is 0.327 e. The second-order valence-corrected chi connectivity index (χ2v) is 5.00. The molecule has 0 spiro atoms. The van der Waals surface area contributed by atoms with E-state index in [1.165, 1.54) is 5.56 Å². The molecular weight excluding hydrogens is 200 g/mol. The van der Waals surface area contributed by atoms with Crippen molar-refractivity contribution in [1.82, 2.24) is 14.7 Å². The van der Waals surface area contributed by atoms with Crippen LogP contribution in [0.1, 0.15) is 18.9 Å². The van der Waals surface area contributed by atoms with Crippen LogP contribution in [0.4, 0.5) is 0 Å². The number of likely N-dealkylation sites (tertiary alicyclic amines) is 1. The van der Waals surface area contributed by atoms with Gasteiger partial charge in [-0.2, -0.15) is 5.10 Å². The van der Waals surface area contributed by atoms with Crippen molar-refractivity contribution in [3.8, 4) is 0 Å². The smallest absolute Gasteiger partial charge is 0.0522 e. The van der Waals surface area contributed by atoms with Gasteiger partial charge in [0.05, 0.1) is 6.20 Å². The van der Waals surface area contributed by atoms with Crippen molar-refractivity contribution in [2.75, 3.05) is 19.6 Å². The van der Waals surface area contributed by atoms with E-state index in [1.807, 2.05) is 17.9 Å². The zero-order valence-corrected chi connectivity index (χ0v) is 10.3. The monoisotopic (exact) mass is 222 g/mol. The maximum absolute atomic E-state index is 6.01. The molecule has 4 heteroatoms. The maximum atomic E-state index is 6.01. The van der Waals surface area contributed by atoms with Crippen LogP contribution >= 0.6 is 0 Å². The molecule has 0 radical (unpaired) electrons. The van der Waals surface area contributed by atoms with Crippen LogP contribution in [0.2, 0.25) is 0 Å². The first kappa shape index (κ1) is 11.6. The van der Waals surface area contributed by atoms with Gasteiger partial charge in [-0.25, -0.2) is 0 Å². The normalized spacial score (nSPS) is 27.2. The number of aryl methyl sites for hydroxylation is 1. The lowest BCUT2D eigenvalue weighted by atomic mass is 9.94. The van der Waals surface area contributed by atoms with Gasteiger partial charge in [0.15, 0.2) is 0 Å². The molecule has 0 bridgehead atoms. The fourth-order valence-electron chi connectivity index (χ4n) is 2.34. The standard InChI is InChI=1S/C12H22N4/c1-10-8-16(6-4-12(10)13)5-3-11-7-14-15(2)9-11/h7,9-10,12H,3-6,8,13H2,1-2H3. The number of nitrogens with two attached hydrogens (primary N) is 1. The highest BCUT2D eigenvalue weighted by Crippen LogP contribution is 2.15. The van der Waals surface area contributed by atoms with Crippen LogP contribution in [0, 0.1) is 5.92 Å². The minimum Gasteiger partial charge on any atom is -0.327 e. The highest BCUT2D eigenvalue weighted by atomic mass is 15.2. The number of piperidine rings is 1. The summed E-state index contributed by atoms with van der Waals surface area (Å²) in [6.07, 6.45) is 6.28. The predicted molar refractivity (Wildman–Crippen MR) is 65.1 cm³/mol. The lowest BCUT2D eigenvalue weighted by molar-refractivity contribution is 0.166. The Hall–Kier alpha value is -0.870. The Bertz CT molecular complexity index is 334. The average Bonchev–Trinajstić information content (AvgIpc) is 2.66. The van der Waals surface area contributed by atoms with Gasteiger partial charge in [-0.05, 0) is 30.9 Å². The summed E-state index contributed by atoms with van der Waals surface area (Å²) in [4.78, 5) is 2.51. The SMILES string of the molecule is CC1CN(CCc2cnn(C)c2)CCC1N. The Balaban J connectivity index is 1.78. The van der Waals surface area contributed by atoms with Gasteiger partial charge in [0.1, 0.15) is 0 Å². The third-order valence-electron chi connectivity index (χ3n) is 3.53. The molecular formula is C12H22N4. The van der Waals surface area contributed by atoms with Crippen LogP contribution < -0.4 is 5.73 Å². The zero-order chi connectivity index (χ0) is 11.5. The molecule has 16 heavy (non-hydrogen) atoms. The van der Waals surface area contributed by atoms with E-state index in [2.05, 4.69) is 23.1 Å². The molecule has 2 rings (SSSR count). The van der Waals surface area contributed by atoms with E-state index in [0.29, 0.717) is 12.0 Å². The fourth-order valence-corrected chi connectivity index (χ4v) is 2.34. The summed E-state index contributed by atoms with van der Waals surface area (Å²) in [6.45, 7) is 5.66. The topological polar surface area (TPSA) is 47.1 Å². The summed E-state index contributed by atoms with van der Waals surface area (Å²) in [7, 11) is 1.96. The van der Waals surface area contributed by atoms with Crippen LogP contribution in [-0.4, -0.2) is 40.4 Å². The molecule has 1 fully saturated rings. The Labute approximate surface area is 97.4 Å². The van der Waals surface area contributed by atoms with Gasteiger partial charge in [-0.1, -0.05) is 6.92 Å². The molecule has 1 saturated heterocycles. The Morgan fingerprint density at radius 3 is 3.00 bits per heavy atom. The Morgan fingerprint density at radius 2 is 2.38 bits per heavy atom. The van der Waals surface area contributed by atoms with E-state index in [-0.39, 0.29) is 0 Å². The van der Waals surface area contributed by atoms with Crippen LogP contribution in [-0.2, 0) is 13.5 Å². The Kier molecular flexibility index (Phi) is 3.61. The molecule has 2 heterocycles. The van der Waals surface area contributed by atoms with Gasteiger partial charge in [-0.15, -0.1) is 0 Å². The molecule has 1 aromatic heterocycles. The summed E-state index contributed by atoms with van der Waals surface area (Å²) in [5, 5.41) is 4.19. The highest BCUT2D eigenvalue weighted by Gasteiger charge is 2.22. The number of rotatable bonds is 3. The predicted octanol–water partition coefficient (Wildman–Crippen LogP) is 0.632. The van der Waals surface area contributed by atoms with Crippen LogP contribution in [0.3, 0.4) is 0 Å². The molecule has 0 aliphatic carbocycles. The van der Waals surface area contributed by atoms with Crippen molar-refractivity contribution >= 4 is 0 Å². The van der Waals surface area contributed by atoms with Crippen molar-refractivity contribution in [3.63, 3.8) is 0 Å². The molecule has 1 aliphatic heterocycles.